The minimum absolute atomic E-state index is 0.635. The number of halogens is 1. The van der Waals surface area contributed by atoms with Crippen LogP contribution in [0.4, 0.5) is 0 Å². The predicted octanol–water partition coefficient (Wildman–Crippen LogP) is -0.191. The van der Waals surface area contributed by atoms with Crippen molar-refractivity contribution in [2.24, 2.45) is 0 Å². The molecule has 5 heavy (non-hydrogen) atoms. The van der Waals surface area contributed by atoms with Gasteiger partial charge in [-0.3, -0.25) is 0 Å². The van der Waals surface area contributed by atoms with E-state index < -0.39 is 17.4 Å². The van der Waals surface area contributed by atoms with Crippen LogP contribution in [-0.4, -0.2) is 26.7 Å². The molecule has 0 aromatic heterocycles. The monoisotopic (exact) mass is 148 g/mol. The Balaban J connectivity index is 2.40. The van der Waals surface area contributed by atoms with E-state index in [1.54, 1.807) is 0 Å². The Morgan fingerprint density at radius 3 is 2.60 bits per heavy atom. The summed E-state index contributed by atoms with van der Waals surface area (Å²) in [4.78, 5) is 10.4. The van der Waals surface area contributed by atoms with Crippen LogP contribution in [0.15, 0.2) is 0 Å². The van der Waals surface area contributed by atoms with Crippen LogP contribution < -0.4 is 0 Å². The third-order valence-corrected chi connectivity index (χ3v) is 2.31. The van der Waals surface area contributed by atoms with Gasteiger partial charge in [0.1, 0.15) is 0 Å². The second-order valence-electron chi connectivity index (χ2n) is 0.644. The van der Waals surface area contributed by atoms with Gasteiger partial charge in [-0.25, -0.2) is 0 Å². The summed E-state index contributed by atoms with van der Waals surface area (Å²) < 4.78 is 0.635. The van der Waals surface area contributed by atoms with Crippen molar-refractivity contribution in [3.8, 4) is 0 Å². The van der Waals surface area contributed by atoms with Gasteiger partial charge in [0.15, 0.2) is 0 Å². The van der Waals surface area contributed by atoms with Gasteiger partial charge in [0.25, 0.3) is 0 Å². The minimum atomic E-state index is -0.818. The molecule has 0 rings (SSSR count). The van der Waals surface area contributed by atoms with Gasteiger partial charge in [0.2, 0.25) is 0 Å². The third kappa shape index (κ3) is 4.60. The van der Waals surface area contributed by atoms with E-state index in [0.29, 0.717) is 4.43 Å². The van der Waals surface area contributed by atoms with Crippen molar-refractivity contribution >= 4 is 33.9 Å². The SMILES string of the molecule is O=[CH][GaH][CH2]Cl. The maximum absolute atomic E-state index is 9.40. The van der Waals surface area contributed by atoms with Crippen LogP contribution in [0.1, 0.15) is 0 Å². The molecule has 0 atom stereocenters. The summed E-state index contributed by atoms with van der Waals surface area (Å²) in [5.74, 6) is 0. The summed E-state index contributed by atoms with van der Waals surface area (Å²) >= 11 is 4.34. The van der Waals surface area contributed by atoms with E-state index >= 15 is 0 Å². The number of carbonyl (C=O) groups excluding carboxylic acids is 1. The summed E-state index contributed by atoms with van der Waals surface area (Å²) in [7, 11) is 0. The molecule has 1 nitrogen and oxygen atoms in total. The fraction of sp³-hybridized carbons (Fsp3) is 0.500. The Hall–Kier alpha value is 0.596. The predicted molar refractivity (Wildman–Crippen MR) is 24.6 cm³/mol. The van der Waals surface area contributed by atoms with Crippen molar-refractivity contribution in [2.45, 2.75) is 0 Å². The summed E-state index contributed by atoms with van der Waals surface area (Å²) in [6, 6.07) is 0. The number of carbonyl (C=O) groups is 1. The topological polar surface area (TPSA) is 17.1 Å². The van der Waals surface area contributed by atoms with E-state index in [9.17, 15) is 4.79 Å². The van der Waals surface area contributed by atoms with Crippen molar-refractivity contribution in [1.29, 1.82) is 0 Å². The maximum atomic E-state index is 9.40. The first-order valence-corrected chi connectivity index (χ1v) is 5.76. The molecule has 0 amide bonds. The molecule has 0 aliphatic rings. The zero-order chi connectivity index (χ0) is 4.12. The van der Waals surface area contributed by atoms with Gasteiger partial charge in [0, 0.05) is 0 Å². The summed E-state index contributed by atoms with van der Waals surface area (Å²) in [6.45, 7) is 0. The summed E-state index contributed by atoms with van der Waals surface area (Å²) in [5, 5.41) is 0. The quantitative estimate of drug-likeness (QED) is 0.302. The summed E-state index contributed by atoms with van der Waals surface area (Å²) in [5.41, 5.74) is 0. The Kier molecular flexibility index (Phi) is 5.14. The molecular weight excluding hydrogens is 145 g/mol. The molecule has 0 aliphatic carbocycles. The molecule has 0 aliphatic heterocycles. The molecule has 0 saturated heterocycles. The number of hydrogen-bond acceptors (Lipinski definition) is 1. The third-order valence-electron chi connectivity index (χ3n) is 0.227. The van der Waals surface area contributed by atoms with Gasteiger partial charge in [-0.05, 0) is 0 Å². The van der Waals surface area contributed by atoms with Crippen molar-refractivity contribution in [3.63, 3.8) is 0 Å². The number of rotatable bonds is 2. The average Bonchev–Trinajstić information content (AvgIpc) is 1.41. The van der Waals surface area contributed by atoms with Gasteiger partial charge in [-0.15, -0.1) is 0 Å². The molecule has 0 N–H and O–H groups in total. The molecule has 28 valence electrons. The zero-order valence-electron chi connectivity index (χ0n) is 2.78. The molecule has 0 unspecified atom stereocenters. The average molecular weight is 149 g/mol. The van der Waals surface area contributed by atoms with Crippen LogP contribution >= 0.6 is 11.6 Å². The normalized spacial score (nSPS) is 6.60. The first-order valence-electron chi connectivity index (χ1n) is 1.41. The zero-order valence-corrected chi connectivity index (χ0v) is 6.50. The Morgan fingerprint density at radius 1 is 2.00 bits per heavy atom. The molecule has 0 bridgehead atoms. The fourth-order valence-electron chi connectivity index (χ4n) is 0.0445. The van der Waals surface area contributed by atoms with Gasteiger partial charge >= 0.3 is 43.1 Å². The molecule has 0 radical (unpaired) electrons. The van der Waals surface area contributed by atoms with E-state index in [0.717, 1.165) is 4.84 Å². The van der Waals surface area contributed by atoms with Crippen LogP contribution in [0.25, 0.3) is 0 Å². The van der Waals surface area contributed by atoms with Crippen molar-refractivity contribution < 1.29 is 4.79 Å². The molecule has 3 heteroatoms. The molecule has 0 spiro atoms. The van der Waals surface area contributed by atoms with E-state index in [1.807, 2.05) is 0 Å². The van der Waals surface area contributed by atoms with Crippen LogP contribution in [0.5, 0.6) is 0 Å². The Bertz CT molecular complexity index is 30.8. The standard InChI is InChI=1S/CH2Cl.CHO.Ga.H/c2*1-2;;/h1H2;1H;;. The second-order valence-corrected chi connectivity index (χ2v) is 5.31. The van der Waals surface area contributed by atoms with Gasteiger partial charge in [0.05, 0.1) is 0 Å². The van der Waals surface area contributed by atoms with Gasteiger partial charge in [-0.1, -0.05) is 0 Å². The van der Waals surface area contributed by atoms with Crippen LogP contribution in [0.2, 0.25) is 0 Å². The molecule has 0 saturated carbocycles. The molecular formula is C2H4ClGaO. The van der Waals surface area contributed by atoms with Gasteiger partial charge in [-0.2, -0.15) is 0 Å². The van der Waals surface area contributed by atoms with Crippen molar-refractivity contribution in [1.82, 2.24) is 0 Å². The van der Waals surface area contributed by atoms with E-state index in [1.165, 1.54) is 0 Å². The van der Waals surface area contributed by atoms with E-state index in [4.69, 9.17) is 11.6 Å². The van der Waals surface area contributed by atoms with Crippen LogP contribution in [0.3, 0.4) is 0 Å². The fourth-order valence-corrected chi connectivity index (χ4v) is 0.694. The second kappa shape index (κ2) is 4.60. The van der Waals surface area contributed by atoms with Crippen molar-refractivity contribution in [2.75, 3.05) is 4.43 Å². The summed E-state index contributed by atoms with van der Waals surface area (Å²) in [6.07, 6.45) is 0. The first-order chi connectivity index (χ1) is 2.41. The van der Waals surface area contributed by atoms with Gasteiger partial charge < -0.3 is 0 Å². The van der Waals surface area contributed by atoms with Crippen LogP contribution in [0, 0.1) is 0 Å². The Morgan fingerprint density at radius 2 is 2.60 bits per heavy atom. The molecule has 0 fully saturated rings. The first kappa shape index (κ1) is 5.60. The molecule has 0 heterocycles. The van der Waals surface area contributed by atoms with E-state index in [-0.39, 0.29) is 0 Å². The van der Waals surface area contributed by atoms with E-state index in [2.05, 4.69) is 0 Å². The molecule has 0 aromatic carbocycles. The van der Waals surface area contributed by atoms with Crippen molar-refractivity contribution in [3.05, 3.63) is 0 Å². The van der Waals surface area contributed by atoms with Crippen LogP contribution in [-0.2, 0) is 4.79 Å². The molecule has 0 aromatic rings. The number of alkyl halides is 1. The Labute approximate surface area is 43.5 Å². The number of hydrogen-bond donors (Lipinski definition) is 0.